The molecule has 0 aromatic heterocycles. The van der Waals surface area contributed by atoms with Crippen LogP contribution in [0.5, 0.6) is 0 Å². The van der Waals surface area contributed by atoms with E-state index >= 15 is 0 Å². The molecule has 0 radical (unpaired) electrons. The second-order valence-corrected chi connectivity index (χ2v) is 1.16. The Hall–Kier alpha value is -0.860. The van der Waals surface area contributed by atoms with Crippen molar-refractivity contribution in [2.45, 2.75) is 6.92 Å². The van der Waals surface area contributed by atoms with E-state index in [2.05, 4.69) is 4.74 Å². The SMILES string of the molecule is COC(=N)C(C)=N. The molecule has 0 aliphatic heterocycles. The molecular formula is C4H8N2O. The van der Waals surface area contributed by atoms with Gasteiger partial charge in [-0.05, 0) is 6.92 Å². The predicted molar refractivity (Wildman–Crippen MR) is 28.1 cm³/mol. The summed E-state index contributed by atoms with van der Waals surface area (Å²) in [5.41, 5.74) is 0.155. The van der Waals surface area contributed by atoms with Gasteiger partial charge in [0.15, 0.2) is 0 Å². The Morgan fingerprint density at radius 1 is 1.43 bits per heavy atom. The van der Waals surface area contributed by atoms with Gasteiger partial charge in [-0.1, -0.05) is 0 Å². The number of rotatable bonds is 1. The van der Waals surface area contributed by atoms with E-state index in [1.54, 1.807) is 0 Å². The molecule has 0 saturated heterocycles. The van der Waals surface area contributed by atoms with Gasteiger partial charge in [0.1, 0.15) is 0 Å². The highest BCUT2D eigenvalue weighted by Crippen LogP contribution is 1.74. The van der Waals surface area contributed by atoms with E-state index < -0.39 is 0 Å². The van der Waals surface area contributed by atoms with Crippen molar-refractivity contribution in [3.8, 4) is 0 Å². The van der Waals surface area contributed by atoms with E-state index in [0.29, 0.717) is 0 Å². The Kier molecular flexibility index (Phi) is 2.05. The van der Waals surface area contributed by atoms with Crippen LogP contribution in [0.1, 0.15) is 6.92 Å². The molecule has 0 aromatic carbocycles. The summed E-state index contributed by atoms with van der Waals surface area (Å²) >= 11 is 0. The van der Waals surface area contributed by atoms with Crippen molar-refractivity contribution < 1.29 is 4.74 Å². The molecule has 0 saturated carbocycles. The fraction of sp³-hybridized carbons (Fsp3) is 0.500. The van der Waals surface area contributed by atoms with Crippen molar-refractivity contribution in [2.24, 2.45) is 0 Å². The maximum atomic E-state index is 6.75. The highest BCUT2D eigenvalue weighted by atomic mass is 16.5. The third-order valence-corrected chi connectivity index (χ3v) is 0.545. The third kappa shape index (κ3) is 1.92. The van der Waals surface area contributed by atoms with Crippen LogP contribution in [0.15, 0.2) is 0 Å². The van der Waals surface area contributed by atoms with Crippen LogP contribution >= 0.6 is 0 Å². The second kappa shape index (κ2) is 2.34. The Bertz CT molecular complexity index is 97.9. The number of ether oxygens (including phenoxy) is 1. The summed E-state index contributed by atoms with van der Waals surface area (Å²) < 4.78 is 4.37. The van der Waals surface area contributed by atoms with Crippen molar-refractivity contribution >= 4 is 11.6 Å². The first-order valence-electron chi connectivity index (χ1n) is 1.86. The molecule has 0 bridgehead atoms. The maximum Gasteiger partial charge on any atom is 0.226 e. The molecule has 2 N–H and O–H groups in total. The molecule has 0 heterocycles. The van der Waals surface area contributed by atoms with Crippen molar-refractivity contribution in [3.05, 3.63) is 0 Å². The summed E-state index contributed by atoms with van der Waals surface area (Å²) in [5, 5.41) is 13.5. The lowest BCUT2D eigenvalue weighted by Gasteiger charge is -1.94. The molecule has 0 aliphatic rings. The summed E-state index contributed by atoms with van der Waals surface area (Å²) in [4.78, 5) is 0. The fourth-order valence-corrected chi connectivity index (χ4v) is 0.153. The average Bonchev–Trinajstić information content (AvgIpc) is 1.65. The lowest BCUT2D eigenvalue weighted by molar-refractivity contribution is 0.407. The molecule has 0 amide bonds. The maximum absolute atomic E-state index is 6.75. The van der Waals surface area contributed by atoms with Gasteiger partial charge in [0.25, 0.3) is 0 Å². The van der Waals surface area contributed by atoms with E-state index in [-0.39, 0.29) is 11.6 Å². The molecule has 3 nitrogen and oxygen atoms in total. The van der Waals surface area contributed by atoms with Gasteiger partial charge in [0, 0.05) is 0 Å². The molecular weight excluding hydrogens is 92.1 g/mol. The monoisotopic (exact) mass is 100 g/mol. The van der Waals surface area contributed by atoms with Gasteiger partial charge in [-0.25, -0.2) is 0 Å². The van der Waals surface area contributed by atoms with Crippen molar-refractivity contribution in [3.63, 3.8) is 0 Å². The molecule has 0 atom stereocenters. The summed E-state index contributed by atoms with van der Waals surface area (Å²) in [6, 6.07) is 0. The lowest BCUT2D eigenvalue weighted by Crippen LogP contribution is -2.08. The number of methoxy groups -OCH3 is 1. The second-order valence-electron chi connectivity index (χ2n) is 1.16. The Morgan fingerprint density at radius 2 is 1.86 bits per heavy atom. The van der Waals surface area contributed by atoms with Crippen LogP contribution in [-0.2, 0) is 4.74 Å². The first kappa shape index (κ1) is 6.14. The Morgan fingerprint density at radius 3 is 1.86 bits per heavy atom. The summed E-state index contributed by atoms with van der Waals surface area (Å²) in [6.45, 7) is 1.51. The van der Waals surface area contributed by atoms with Crippen LogP contribution in [0, 0.1) is 10.8 Å². The molecule has 0 rings (SSSR count). The molecule has 7 heavy (non-hydrogen) atoms. The largest absolute Gasteiger partial charge is 0.480 e. The van der Waals surface area contributed by atoms with Gasteiger partial charge in [-0.2, -0.15) is 0 Å². The molecule has 40 valence electrons. The Balaban J connectivity index is 3.58. The van der Waals surface area contributed by atoms with Crippen LogP contribution in [0.25, 0.3) is 0 Å². The van der Waals surface area contributed by atoms with Gasteiger partial charge in [0.05, 0.1) is 12.8 Å². The van der Waals surface area contributed by atoms with Gasteiger partial charge >= 0.3 is 0 Å². The van der Waals surface area contributed by atoms with E-state index in [4.69, 9.17) is 10.8 Å². The van der Waals surface area contributed by atoms with Crippen LogP contribution in [0.3, 0.4) is 0 Å². The fourth-order valence-electron chi connectivity index (χ4n) is 0.153. The molecule has 0 aliphatic carbocycles. The van der Waals surface area contributed by atoms with E-state index in [1.807, 2.05) is 0 Å². The first-order chi connectivity index (χ1) is 3.18. The molecule has 0 unspecified atom stereocenters. The van der Waals surface area contributed by atoms with Crippen LogP contribution in [0.2, 0.25) is 0 Å². The molecule has 3 heteroatoms. The minimum Gasteiger partial charge on any atom is -0.480 e. The number of hydrogen-bond donors (Lipinski definition) is 2. The minimum atomic E-state index is -0.0694. The van der Waals surface area contributed by atoms with E-state index in [0.717, 1.165) is 0 Å². The quantitative estimate of drug-likeness (QED) is 0.369. The van der Waals surface area contributed by atoms with Gasteiger partial charge < -0.3 is 10.1 Å². The topological polar surface area (TPSA) is 56.9 Å². The van der Waals surface area contributed by atoms with E-state index in [9.17, 15) is 0 Å². The zero-order valence-electron chi connectivity index (χ0n) is 4.41. The summed E-state index contributed by atoms with van der Waals surface area (Å²) in [6.07, 6.45) is 0. The van der Waals surface area contributed by atoms with Crippen LogP contribution < -0.4 is 0 Å². The van der Waals surface area contributed by atoms with Gasteiger partial charge in [-0.15, -0.1) is 0 Å². The third-order valence-electron chi connectivity index (χ3n) is 0.545. The highest BCUT2D eigenvalue weighted by molar-refractivity contribution is 6.35. The van der Waals surface area contributed by atoms with Crippen LogP contribution in [0.4, 0.5) is 0 Å². The van der Waals surface area contributed by atoms with Crippen LogP contribution in [-0.4, -0.2) is 18.7 Å². The minimum absolute atomic E-state index is 0.0694. The van der Waals surface area contributed by atoms with Crippen molar-refractivity contribution in [2.75, 3.05) is 7.11 Å². The first-order valence-corrected chi connectivity index (χ1v) is 1.86. The zero-order valence-corrected chi connectivity index (χ0v) is 4.41. The van der Waals surface area contributed by atoms with Crippen molar-refractivity contribution in [1.29, 1.82) is 10.8 Å². The molecule has 0 fully saturated rings. The number of nitrogens with one attached hydrogen (secondary N) is 2. The summed E-state index contributed by atoms with van der Waals surface area (Å²) in [5.74, 6) is -0.0694. The zero-order chi connectivity index (χ0) is 5.86. The van der Waals surface area contributed by atoms with Crippen molar-refractivity contribution in [1.82, 2.24) is 0 Å². The van der Waals surface area contributed by atoms with E-state index in [1.165, 1.54) is 14.0 Å². The number of hydrogen-bond acceptors (Lipinski definition) is 3. The molecule has 0 spiro atoms. The highest BCUT2D eigenvalue weighted by Gasteiger charge is 1.92. The molecule has 0 aromatic rings. The van der Waals surface area contributed by atoms with Gasteiger partial charge in [0.2, 0.25) is 5.90 Å². The standard InChI is InChI=1S/C4H8N2O/c1-3(5)4(6)7-2/h5-6H,1-2H3. The normalized spacial score (nSPS) is 7.71. The lowest BCUT2D eigenvalue weighted by atomic mass is 10.4. The average molecular weight is 100 g/mol. The predicted octanol–water partition coefficient (Wildman–Crippen LogP) is 0.650. The Labute approximate surface area is 42.3 Å². The summed E-state index contributed by atoms with van der Waals surface area (Å²) in [7, 11) is 1.38. The van der Waals surface area contributed by atoms with Gasteiger partial charge in [-0.3, -0.25) is 5.41 Å². The smallest absolute Gasteiger partial charge is 0.226 e.